The smallest absolute Gasteiger partial charge is 0.264 e. The lowest BCUT2D eigenvalue weighted by Gasteiger charge is -2.30. The fraction of sp³-hybridized carbons (Fsp3) is 0.120. The summed E-state index contributed by atoms with van der Waals surface area (Å²) < 4.78 is 4.56. The lowest BCUT2D eigenvalue weighted by atomic mass is 9.33. The molecule has 2 aliphatic heterocycles. The molecule has 4 nitrogen and oxygen atoms in total. The summed E-state index contributed by atoms with van der Waals surface area (Å²) in [6.07, 6.45) is 9.27. The Hall–Kier alpha value is -3.60. The van der Waals surface area contributed by atoms with Crippen LogP contribution in [0, 0.1) is 0 Å². The first-order chi connectivity index (χ1) is 14.7. The zero-order valence-corrected chi connectivity index (χ0v) is 16.9. The number of rotatable bonds is 0. The molecular formula is C25H19BN4+2. The van der Waals surface area contributed by atoms with Crippen LogP contribution in [0.15, 0.2) is 67.4 Å². The molecule has 0 N–H and O–H groups in total. The Morgan fingerprint density at radius 3 is 2.73 bits per heavy atom. The summed E-state index contributed by atoms with van der Waals surface area (Å²) in [4.78, 5) is 9.39. The minimum absolute atomic E-state index is 0.168. The van der Waals surface area contributed by atoms with E-state index in [9.17, 15) is 0 Å². The minimum atomic E-state index is 0.168. The molecule has 0 fully saturated rings. The molecule has 7 rings (SSSR count). The van der Waals surface area contributed by atoms with Crippen molar-refractivity contribution in [3.63, 3.8) is 0 Å². The van der Waals surface area contributed by atoms with E-state index in [-0.39, 0.29) is 6.71 Å². The molecule has 0 unspecified atom stereocenters. The monoisotopic (exact) mass is 386 g/mol. The molecule has 3 aromatic heterocycles. The Morgan fingerprint density at radius 1 is 0.900 bits per heavy atom. The molecule has 2 aromatic carbocycles. The number of fused-ring (bicyclic) bond motifs is 6. The van der Waals surface area contributed by atoms with Gasteiger partial charge < -0.3 is 0 Å². The van der Waals surface area contributed by atoms with Gasteiger partial charge in [0.1, 0.15) is 7.05 Å². The van der Waals surface area contributed by atoms with Gasteiger partial charge in [0, 0.05) is 29.8 Å². The molecule has 0 atom stereocenters. The van der Waals surface area contributed by atoms with Gasteiger partial charge in [0.05, 0.1) is 18.0 Å². The van der Waals surface area contributed by atoms with Crippen LogP contribution in [0.3, 0.4) is 0 Å². The SMILES string of the molecule is C[n+]1cc2ccccc2c2c1B1c3c(cncc3-c3cccc4nc[n+](C)c1c34)C2. The lowest BCUT2D eigenvalue weighted by molar-refractivity contribution is -0.659. The van der Waals surface area contributed by atoms with Gasteiger partial charge in [-0.25, -0.2) is 9.13 Å². The molecular weight excluding hydrogens is 367 g/mol. The van der Waals surface area contributed by atoms with Crippen LogP contribution in [0.2, 0.25) is 0 Å². The maximum absolute atomic E-state index is 4.73. The Balaban J connectivity index is 1.72. The van der Waals surface area contributed by atoms with Crippen LogP contribution in [-0.2, 0) is 20.5 Å². The van der Waals surface area contributed by atoms with Gasteiger partial charge in [-0.2, -0.15) is 0 Å². The Bertz CT molecular complexity index is 1560. The van der Waals surface area contributed by atoms with E-state index in [2.05, 4.69) is 83.1 Å². The van der Waals surface area contributed by atoms with Crippen molar-refractivity contribution in [2.45, 2.75) is 6.42 Å². The van der Waals surface area contributed by atoms with Crippen LogP contribution in [-0.4, -0.2) is 16.7 Å². The first-order valence-electron chi connectivity index (χ1n) is 10.4. The van der Waals surface area contributed by atoms with Crippen molar-refractivity contribution in [2.24, 2.45) is 14.1 Å². The highest BCUT2D eigenvalue weighted by Crippen LogP contribution is 2.32. The number of hydrogen-bond donors (Lipinski definition) is 0. The second kappa shape index (κ2) is 5.51. The van der Waals surface area contributed by atoms with Gasteiger partial charge >= 0.3 is 6.71 Å². The van der Waals surface area contributed by atoms with Gasteiger partial charge in [-0.05, 0) is 44.7 Å². The third-order valence-electron chi connectivity index (χ3n) is 6.92. The van der Waals surface area contributed by atoms with Crippen LogP contribution >= 0.6 is 0 Å². The van der Waals surface area contributed by atoms with Gasteiger partial charge in [-0.15, -0.1) is 0 Å². The molecule has 0 saturated carbocycles. The van der Waals surface area contributed by atoms with Crippen molar-refractivity contribution in [1.82, 2.24) is 9.97 Å². The van der Waals surface area contributed by atoms with Crippen molar-refractivity contribution in [3.05, 3.63) is 78.5 Å². The third-order valence-corrected chi connectivity index (χ3v) is 6.92. The van der Waals surface area contributed by atoms with Gasteiger partial charge in [0.25, 0.3) is 6.33 Å². The van der Waals surface area contributed by atoms with E-state index in [1.807, 2.05) is 12.5 Å². The lowest BCUT2D eigenvalue weighted by Crippen LogP contribution is -2.74. The fourth-order valence-corrected chi connectivity index (χ4v) is 5.76. The molecule has 140 valence electrons. The Kier molecular flexibility index (Phi) is 2.98. The summed E-state index contributed by atoms with van der Waals surface area (Å²) in [5.74, 6) is 0. The highest BCUT2D eigenvalue weighted by Gasteiger charge is 2.47. The summed E-state index contributed by atoms with van der Waals surface area (Å²) in [6, 6.07) is 15.2. The summed E-state index contributed by atoms with van der Waals surface area (Å²) in [7, 11) is 4.32. The van der Waals surface area contributed by atoms with Crippen LogP contribution < -0.4 is 25.8 Å². The number of nitrogens with zero attached hydrogens (tertiary/aromatic N) is 4. The van der Waals surface area contributed by atoms with E-state index in [0.29, 0.717) is 0 Å². The van der Waals surface area contributed by atoms with E-state index < -0.39 is 0 Å². The first-order valence-corrected chi connectivity index (χ1v) is 10.4. The number of pyridine rings is 2. The molecule has 0 amide bonds. The van der Waals surface area contributed by atoms with E-state index in [1.54, 1.807) is 0 Å². The van der Waals surface area contributed by atoms with Crippen molar-refractivity contribution < 1.29 is 9.13 Å². The van der Waals surface area contributed by atoms with Gasteiger partial charge in [0.2, 0.25) is 0 Å². The largest absolute Gasteiger partial charge is 0.376 e. The van der Waals surface area contributed by atoms with Crippen molar-refractivity contribution >= 4 is 45.0 Å². The second-order valence-corrected chi connectivity index (χ2v) is 8.50. The molecule has 5 heteroatoms. The molecule has 30 heavy (non-hydrogen) atoms. The molecule has 0 spiro atoms. The molecule has 2 aliphatic rings. The predicted molar refractivity (Wildman–Crippen MR) is 119 cm³/mol. The molecule has 5 heterocycles. The normalized spacial score (nSPS) is 13.5. The van der Waals surface area contributed by atoms with Crippen LogP contribution in [0.25, 0.3) is 32.8 Å². The first kappa shape index (κ1) is 16.2. The van der Waals surface area contributed by atoms with Gasteiger partial charge in [-0.1, -0.05) is 30.3 Å². The van der Waals surface area contributed by atoms with Crippen molar-refractivity contribution in [3.8, 4) is 11.1 Å². The summed E-state index contributed by atoms with van der Waals surface area (Å²) >= 11 is 0. The highest BCUT2D eigenvalue weighted by molar-refractivity contribution is 6.97. The number of aryl methyl sites for hydroxylation is 2. The average molecular weight is 386 g/mol. The zero-order valence-electron chi connectivity index (χ0n) is 16.9. The van der Waals surface area contributed by atoms with Crippen LogP contribution in [0.1, 0.15) is 11.1 Å². The van der Waals surface area contributed by atoms with Crippen LogP contribution in [0.4, 0.5) is 0 Å². The highest BCUT2D eigenvalue weighted by atomic mass is 15.0. The summed E-state index contributed by atoms with van der Waals surface area (Å²) in [5, 5.41) is 3.88. The van der Waals surface area contributed by atoms with Crippen LogP contribution in [0.5, 0.6) is 0 Å². The minimum Gasteiger partial charge on any atom is -0.264 e. The van der Waals surface area contributed by atoms with Gasteiger partial charge in [0.15, 0.2) is 17.3 Å². The number of benzene rings is 2. The number of hydrogen-bond acceptors (Lipinski definition) is 2. The van der Waals surface area contributed by atoms with Crippen molar-refractivity contribution in [2.75, 3.05) is 0 Å². The molecule has 0 aliphatic carbocycles. The molecule has 5 aromatic rings. The maximum atomic E-state index is 4.73. The Labute approximate surface area is 174 Å². The van der Waals surface area contributed by atoms with Gasteiger partial charge in [-0.3, -0.25) is 4.98 Å². The number of aromatic nitrogens is 4. The van der Waals surface area contributed by atoms with Crippen molar-refractivity contribution in [1.29, 1.82) is 0 Å². The molecule has 0 saturated heterocycles. The third kappa shape index (κ3) is 1.88. The van der Waals surface area contributed by atoms with E-state index in [1.165, 1.54) is 55.1 Å². The standard InChI is InChI=1S/C25H19BN4/c1-29-13-15-6-3-4-7-17(15)19-10-16-11-27-12-20-18-8-5-9-21-22(18)25(30(2)14-28-21)26(23(16)20)24(19)29/h3-9,11-14H,10H2,1-2H3/q+2. The topological polar surface area (TPSA) is 33.5 Å². The Morgan fingerprint density at radius 2 is 1.80 bits per heavy atom. The maximum Gasteiger partial charge on any atom is 0.376 e. The summed E-state index contributed by atoms with van der Waals surface area (Å²) in [5.41, 5.74) is 10.4. The van der Waals surface area contributed by atoms with E-state index in [4.69, 9.17) is 4.98 Å². The quantitative estimate of drug-likeness (QED) is 0.286. The van der Waals surface area contributed by atoms with E-state index in [0.717, 1.165) is 11.9 Å². The second-order valence-electron chi connectivity index (χ2n) is 8.50. The summed E-state index contributed by atoms with van der Waals surface area (Å²) in [6.45, 7) is 0.168. The fourth-order valence-electron chi connectivity index (χ4n) is 5.76. The average Bonchev–Trinajstić information content (AvgIpc) is 2.77. The zero-order chi connectivity index (χ0) is 20.0. The van der Waals surface area contributed by atoms with E-state index >= 15 is 0 Å². The predicted octanol–water partition coefficient (Wildman–Crippen LogP) is 0.833. The molecule has 0 bridgehead atoms. The molecule has 0 radical (unpaired) electrons.